The van der Waals surface area contributed by atoms with Crippen molar-refractivity contribution in [2.45, 2.75) is 44.7 Å². The van der Waals surface area contributed by atoms with Crippen molar-refractivity contribution in [1.29, 1.82) is 0 Å². The van der Waals surface area contributed by atoms with Gasteiger partial charge in [0.05, 0.1) is 0 Å². The summed E-state index contributed by atoms with van der Waals surface area (Å²) in [5, 5.41) is 12.0. The van der Waals surface area contributed by atoms with Gasteiger partial charge in [0.15, 0.2) is 0 Å². The van der Waals surface area contributed by atoms with Crippen molar-refractivity contribution in [1.82, 2.24) is 4.90 Å². The average molecular weight is 316 g/mol. The van der Waals surface area contributed by atoms with E-state index in [0.29, 0.717) is 11.3 Å². The first-order valence-corrected chi connectivity index (χ1v) is 7.94. The van der Waals surface area contributed by atoms with Gasteiger partial charge in [-0.25, -0.2) is 4.79 Å². The van der Waals surface area contributed by atoms with Crippen molar-refractivity contribution in [3.63, 3.8) is 0 Å². The second kappa shape index (κ2) is 6.02. The maximum atomic E-state index is 12.6. The predicted molar refractivity (Wildman–Crippen MR) is 84.1 cm³/mol. The van der Waals surface area contributed by atoms with E-state index in [1.165, 1.54) is 11.8 Å². The molecule has 3 rings (SSSR count). The fourth-order valence-corrected chi connectivity index (χ4v) is 2.56. The van der Waals surface area contributed by atoms with Crippen LogP contribution in [0.15, 0.2) is 24.3 Å². The zero-order chi connectivity index (χ0) is 16.6. The smallest absolute Gasteiger partial charge is 0.326 e. The molecule has 0 saturated heterocycles. The van der Waals surface area contributed by atoms with Crippen LogP contribution in [0.3, 0.4) is 0 Å². The van der Waals surface area contributed by atoms with E-state index in [1.54, 1.807) is 24.3 Å². The van der Waals surface area contributed by atoms with Gasteiger partial charge < -0.3 is 15.3 Å². The second-order valence-corrected chi connectivity index (χ2v) is 6.30. The summed E-state index contributed by atoms with van der Waals surface area (Å²) in [5.41, 5.74) is 1.09. The Kier molecular flexibility index (Phi) is 4.07. The number of benzene rings is 1. The van der Waals surface area contributed by atoms with Crippen molar-refractivity contribution >= 4 is 23.5 Å². The fraction of sp³-hybridized carbons (Fsp3) is 0.471. The average Bonchev–Trinajstić information content (AvgIpc) is 3.39. The molecule has 0 bridgehead atoms. The molecule has 2 amide bonds. The van der Waals surface area contributed by atoms with Crippen molar-refractivity contribution in [3.8, 4) is 0 Å². The molecule has 2 fully saturated rings. The van der Waals surface area contributed by atoms with E-state index in [9.17, 15) is 19.5 Å². The van der Waals surface area contributed by atoms with Gasteiger partial charge in [-0.3, -0.25) is 9.59 Å². The maximum Gasteiger partial charge on any atom is 0.326 e. The van der Waals surface area contributed by atoms with Gasteiger partial charge in [-0.2, -0.15) is 0 Å². The molecular formula is C17H20N2O4. The van der Waals surface area contributed by atoms with Crippen molar-refractivity contribution in [3.05, 3.63) is 29.8 Å². The molecule has 23 heavy (non-hydrogen) atoms. The van der Waals surface area contributed by atoms with E-state index in [0.717, 1.165) is 25.7 Å². The number of nitrogens with zero attached hydrogens (tertiary/aromatic N) is 1. The number of anilines is 1. The molecule has 2 N–H and O–H groups in total. The lowest BCUT2D eigenvalue weighted by molar-refractivity contribution is -0.141. The fourth-order valence-electron chi connectivity index (χ4n) is 2.56. The topological polar surface area (TPSA) is 86.7 Å². The highest BCUT2D eigenvalue weighted by Gasteiger charge is 2.38. The number of rotatable bonds is 6. The molecule has 0 spiro atoms. The van der Waals surface area contributed by atoms with Gasteiger partial charge in [0.25, 0.3) is 5.91 Å². The zero-order valence-corrected chi connectivity index (χ0v) is 13.0. The normalized spacial score (nSPS) is 18.1. The highest BCUT2D eigenvalue weighted by molar-refractivity contribution is 5.98. The van der Waals surface area contributed by atoms with Crippen molar-refractivity contribution in [2.24, 2.45) is 5.92 Å². The number of carbonyl (C=O) groups excluding carboxylic acids is 2. The van der Waals surface area contributed by atoms with E-state index in [-0.39, 0.29) is 23.8 Å². The third-order valence-corrected chi connectivity index (χ3v) is 4.30. The Bertz CT molecular complexity index is 632. The molecule has 6 heteroatoms. The molecule has 6 nitrogen and oxygen atoms in total. The molecule has 1 unspecified atom stereocenters. The molecule has 1 atom stereocenters. The van der Waals surface area contributed by atoms with Gasteiger partial charge in [-0.1, -0.05) is 0 Å². The first-order chi connectivity index (χ1) is 11.0. The van der Waals surface area contributed by atoms with Crippen molar-refractivity contribution < 1.29 is 19.5 Å². The minimum Gasteiger partial charge on any atom is -0.480 e. The van der Waals surface area contributed by atoms with E-state index < -0.39 is 12.0 Å². The van der Waals surface area contributed by atoms with Crippen LogP contribution < -0.4 is 5.32 Å². The Morgan fingerprint density at radius 1 is 1.13 bits per heavy atom. The van der Waals surface area contributed by atoms with E-state index >= 15 is 0 Å². The first-order valence-electron chi connectivity index (χ1n) is 7.94. The molecule has 2 saturated carbocycles. The number of carbonyl (C=O) groups is 3. The molecule has 0 radical (unpaired) electrons. The number of amides is 2. The van der Waals surface area contributed by atoms with Gasteiger partial charge in [-0.05, 0) is 56.9 Å². The molecule has 1 aromatic carbocycles. The number of hydrogen-bond donors (Lipinski definition) is 2. The van der Waals surface area contributed by atoms with Crippen LogP contribution in [0.1, 0.15) is 43.0 Å². The SMILES string of the molecule is CC(C(=O)O)N(C(=O)c1ccc(NC(=O)C2CC2)cc1)C1CC1. The van der Waals surface area contributed by atoms with E-state index in [1.807, 2.05) is 0 Å². The van der Waals surface area contributed by atoms with Crippen LogP contribution >= 0.6 is 0 Å². The van der Waals surface area contributed by atoms with Crippen LogP contribution in [0, 0.1) is 5.92 Å². The Labute approximate surface area is 134 Å². The Balaban J connectivity index is 1.70. The van der Waals surface area contributed by atoms with Crippen LogP contribution in [0.4, 0.5) is 5.69 Å². The highest BCUT2D eigenvalue weighted by atomic mass is 16.4. The predicted octanol–water partition coefficient (Wildman–Crippen LogP) is 2.11. The van der Waals surface area contributed by atoms with Crippen LogP contribution in [-0.2, 0) is 9.59 Å². The standard InChI is InChI=1S/C17H20N2O4/c1-10(17(22)23)19(14-8-9-14)16(21)12-4-6-13(7-5-12)18-15(20)11-2-3-11/h4-7,10-11,14H,2-3,8-9H2,1H3,(H,18,20)(H,22,23). The lowest BCUT2D eigenvalue weighted by atomic mass is 10.1. The monoisotopic (exact) mass is 316 g/mol. The summed E-state index contributed by atoms with van der Waals surface area (Å²) in [5.74, 6) is -1.14. The van der Waals surface area contributed by atoms with Gasteiger partial charge >= 0.3 is 5.97 Å². The molecule has 0 aliphatic heterocycles. The van der Waals surface area contributed by atoms with Gasteiger partial charge in [0.1, 0.15) is 6.04 Å². The Morgan fingerprint density at radius 3 is 2.22 bits per heavy atom. The summed E-state index contributed by atoms with van der Waals surface area (Å²) in [7, 11) is 0. The lowest BCUT2D eigenvalue weighted by Gasteiger charge is -2.26. The van der Waals surface area contributed by atoms with Crippen LogP contribution in [0.5, 0.6) is 0 Å². The van der Waals surface area contributed by atoms with Gasteiger partial charge in [-0.15, -0.1) is 0 Å². The Hall–Kier alpha value is -2.37. The van der Waals surface area contributed by atoms with Crippen LogP contribution in [0.25, 0.3) is 0 Å². The number of aliphatic carboxylic acids is 1. The van der Waals surface area contributed by atoms with Crippen LogP contribution in [-0.4, -0.2) is 39.9 Å². The number of nitrogens with one attached hydrogen (secondary N) is 1. The minimum atomic E-state index is -1.00. The summed E-state index contributed by atoms with van der Waals surface area (Å²) in [6.07, 6.45) is 3.56. The van der Waals surface area contributed by atoms with Crippen molar-refractivity contribution in [2.75, 3.05) is 5.32 Å². The number of carboxylic acids is 1. The molecular weight excluding hydrogens is 296 g/mol. The maximum absolute atomic E-state index is 12.6. The zero-order valence-electron chi connectivity index (χ0n) is 13.0. The van der Waals surface area contributed by atoms with Crippen LogP contribution in [0.2, 0.25) is 0 Å². The quantitative estimate of drug-likeness (QED) is 0.841. The third-order valence-electron chi connectivity index (χ3n) is 4.30. The number of hydrogen-bond acceptors (Lipinski definition) is 3. The molecule has 0 aromatic heterocycles. The summed E-state index contributed by atoms with van der Waals surface area (Å²) >= 11 is 0. The summed E-state index contributed by atoms with van der Waals surface area (Å²) in [4.78, 5) is 37.0. The molecule has 2 aliphatic rings. The number of carboxylic acid groups (broad SMARTS) is 1. The summed E-state index contributed by atoms with van der Waals surface area (Å²) in [6, 6.07) is 5.81. The lowest BCUT2D eigenvalue weighted by Crippen LogP contribution is -2.44. The Morgan fingerprint density at radius 2 is 1.74 bits per heavy atom. The van der Waals surface area contributed by atoms with Gasteiger partial charge in [0, 0.05) is 23.2 Å². The highest BCUT2D eigenvalue weighted by Crippen LogP contribution is 2.31. The minimum absolute atomic E-state index is 0.0165. The van der Waals surface area contributed by atoms with Gasteiger partial charge in [0.2, 0.25) is 5.91 Å². The molecule has 2 aliphatic carbocycles. The molecule has 1 aromatic rings. The summed E-state index contributed by atoms with van der Waals surface area (Å²) < 4.78 is 0. The first kappa shape index (κ1) is 15.5. The summed E-state index contributed by atoms with van der Waals surface area (Å²) in [6.45, 7) is 1.53. The second-order valence-electron chi connectivity index (χ2n) is 6.30. The molecule has 122 valence electrons. The van der Waals surface area contributed by atoms with E-state index in [2.05, 4.69) is 5.32 Å². The third kappa shape index (κ3) is 3.52. The van der Waals surface area contributed by atoms with E-state index in [4.69, 9.17) is 0 Å². The largest absolute Gasteiger partial charge is 0.480 e. The molecule has 0 heterocycles.